The third-order valence-corrected chi connectivity index (χ3v) is 5.46. The van der Waals surface area contributed by atoms with Gasteiger partial charge in [0.1, 0.15) is 0 Å². The molecule has 0 aliphatic rings. The Kier molecular flexibility index (Phi) is 14.7. The van der Waals surface area contributed by atoms with Gasteiger partial charge in [-0.05, 0) is 59.3 Å². The maximum absolute atomic E-state index is 11.8. The molecule has 0 saturated heterocycles. The highest BCUT2D eigenvalue weighted by atomic mass is 16.5. The maximum atomic E-state index is 11.8. The molecule has 0 rings (SSSR count). The lowest BCUT2D eigenvalue weighted by molar-refractivity contribution is -0.142. The zero-order valence-corrected chi connectivity index (χ0v) is 19.9. The first kappa shape index (κ1) is 28.6. The van der Waals surface area contributed by atoms with E-state index in [9.17, 15) is 20.1 Å². The summed E-state index contributed by atoms with van der Waals surface area (Å²) in [6, 6.07) is 0. The van der Waals surface area contributed by atoms with Crippen LogP contribution in [0.3, 0.4) is 0 Å². The van der Waals surface area contributed by atoms with Crippen LogP contribution in [0.5, 0.6) is 0 Å². The van der Waals surface area contributed by atoms with Crippen molar-refractivity contribution in [3.05, 3.63) is 36.0 Å². The first-order valence-corrected chi connectivity index (χ1v) is 11.2. The van der Waals surface area contributed by atoms with E-state index in [-0.39, 0.29) is 29.8 Å². The second-order valence-electron chi connectivity index (χ2n) is 8.69. The molecule has 0 saturated carbocycles. The number of rotatable bonds is 14. The minimum Gasteiger partial charge on any atom is -0.460 e. The Hall–Kier alpha value is -1.43. The number of hydrogen-bond acceptors (Lipinski definition) is 5. The maximum Gasteiger partial charge on any atom is 0.333 e. The van der Waals surface area contributed by atoms with Crippen LogP contribution >= 0.6 is 0 Å². The van der Waals surface area contributed by atoms with Crippen molar-refractivity contribution in [2.75, 3.05) is 0 Å². The van der Waals surface area contributed by atoms with Gasteiger partial charge in [0.25, 0.3) is 0 Å². The van der Waals surface area contributed by atoms with Gasteiger partial charge in [0.15, 0.2) is 0 Å². The molecule has 0 fully saturated rings. The minimum atomic E-state index is -0.615. The highest BCUT2D eigenvalue weighted by molar-refractivity contribution is 5.87. The van der Waals surface area contributed by atoms with E-state index in [0.717, 1.165) is 6.42 Å². The molecule has 0 aromatic rings. The van der Waals surface area contributed by atoms with Gasteiger partial charge in [-0.25, -0.2) is 4.79 Å². The topological polar surface area (TPSA) is 87.0 Å². The van der Waals surface area contributed by atoms with Crippen LogP contribution in [0.25, 0.3) is 0 Å². The van der Waals surface area contributed by atoms with Gasteiger partial charge < -0.3 is 20.1 Å². The molecule has 0 aliphatic heterocycles. The van der Waals surface area contributed by atoms with Gasteiger partial charge in [-0.15, -0.1) is 0 Å². The third kappa shape index (κ3) is 11.7. The number of carbonyl (C=O) groups excluding carboxylic acids is 1. The van der Waals surface area contributed by atoms with Crippen molar-refractivity contribution in [1.82, 2.24) is 0 Å². The Morgan fingerprint density at radius 3 is 2.17 bits per heavy atom. The van der Waals surface area contributed by atoms with Crippen molar-refractivity contribution >= 4 is 5.97 Å². The highest BCUT2D eigenvalue weighted by Gasteiger charge is 2.26. The molecule has 0 amide bonds. The van der Waals surface area contributed by atoms with Gasteiger partial charge >= 0.3 is 5.97 Å². The fraction of sp³-hybridized carbons (Fsp3) is 0.720. The number of hydrogen-bond donors (Lipinski definition) is 3. The van der Waals surface area contributed by atoms with Crippen LogP contribution in [0.4, 0.5) is 0 Å². The molecule has 6 atom stereocenters. The lowest BCUT2D eigenvalue weighted by Gasteiger charge is -2.28. The molecule has 6 unspecified atom stereocenters. The first-order valence-electron chi connectivity index (χ1n) is 11.2. The fourth-order valence-corrected chi connectivity index (χ4v) is 3.20. The first-order chi connectivity index (χ1) is 14.0. The van der Waals surface area contributed by atoms with Crippen molar-refractivity contribution in [3.8, 4) is 0 Å². The van der Waals surface area contributed by atoms with Crippen LogP contribution in [-0.4, -0.2) is 45.7 Å². The molecule has 174 valence electrons. The summed E-state index contributed by atoms with van der Waals surface area (Å²) in [7, 11) is 0. The Morgan fingerprint density at radius 2 is 1.60 bits per heavy atom. The minimum absolute atomic E-state index is 0.00589. The molecule has 0 aromatic heterocycles. The molecular formula is C25H44O5. The normalized spacial score (nSPS) is 19.1. The van der Waals surface area contributed by atoms with Gasteiger partial charge in [0.05, 0.1) is 24.4 Å². The molecule has 0 aromatic carbocycles. The van der Waals surface area contributed by atoms with E-state index < -0.39 is 18.3 Å². The monoisotopic (exact) mass is 424 g/mol. The van der Waals surface area contributed by atoms with Crippen molar-refractivity contribution in [2.24, 2.45) is 17.8 Å². The number of ether oxygens (including phenoxy) is 1. The third-order valence-electron chi connectivity index (χ3n) is 5.46. The molecule has 0 bridgehead atoms. The van der Waals surface area contributed by atoms with Crippen LogP contribution in [0.1, 0.15) is 74.1 Å². The molecule has 0 aliphatic carbocycles. The average Bonchev–Trinajstić information content (AvgIpc) is 2.68. The SMILES string of the molecule is C/C=C/C(O)C(C)/C=C/CCC(O)C(C)C(O)C(C)CC/C=C(\C)C(=O)OC(C)C. The Morgan fingerprint density at radius 1 is 0.967 bits per heavy atom. The Labute approximate surface area is 183 Å². The summed E-state index contributed by atoms with van der Waals surface area (Å²) in [4.78, 5) is 11.8. The van der Waals surface area contributed by atoms with E-state index in [0.29, 0.717) is 24.8 Å². The van der Waals surface area contributed by atoms with E-state index in [1.807, 2.05) is 65.8 Å². The standard InChI is InChI=1S/C25H44O5/c1-8-12-22(26)18(4)13-9-10-16-23(27)21(7)24(28)19(5)14-11-15-20(6)25(29)30-17(2)3/h8-9,12-13,15,17-19,21-24,26-28H,10-11,14,16H2,1-7H3/b12-8+,13-9+,20-15+. The van der Waals surface area contributed by atoms with E-state index >= 15 is 0 Å². The van der Waals surface area contributed by atoms with Crippen molar-refractivity contribution < 1.29 is 24.9 Å². The largest absolute Gasteiger partial charge is 0.460 e. The molecule has 0 spiro atoms. The van der Waals surface area contributed by atoms with Crippen LogP contribution < -0.4 is 0 Å². The van der Waals surface area contributed by atoms with Crippen LogP contribution in [-0.2, 0) is 9.53 Å². The summed E-state index contributed by atoms with van der Waals surface area (Å²) in [5.41, 5.74) is 0.582. The molecule has 3 N–H and O–H groups in total. The molecule has 5 heteroatoms. The van der Waals surface area contributed by atoms with E-state index in [1.54, 1.807) is 13.0 Å². The van der Waals surface area contributed by atoms with Gasteiger partial charge in [-0.1, -0.05) is 51.2 Å². The van der Waals surface area contributed by atoms with Crippen LogP contribution in [0, 0.1) is 17.8 Å². The van der Waals surface area contributed by atoms with Crippen LogP contribution in [0.15, 0.2) is 36.0 Å². The van der Waals surface area contributed by atoms with Gasteiger partial charge in [-0.3, -0.25) is 0 Å². The lowest BCUT2D eigenvalue weighted by atomic mass is 9.85. The van der Waals surface area contributed by atoms with E-state index in [2.05, 4.69) is 0 Å². The van der Waals surface area contributed by atoms with Gasteiger partial charge in [-0.2, -0.15) is 0 Å². The zero-order chi connectivity index (χ0) is 23.3. The van der Waals surface area contributed by atoms with E-state index in [4.69, 9.17) is 4.74 Å². The lowest BCUT2D eigenvalue weighted by Crippen LogP contribution is -2.34. The number of carbonyl (C=O) groups is 1. The number of esters is 1. The average molecular weight is 425 g/mol. The summed E-state index contributed by atoms with van der Waals surface area (Å²) in [5, 5.41) is 30.9. The zero-order valence-electron chi connectivity index (χ0n) is 19.9. The molecule has 0 heterocycles. The molecule has 5 nitrogen and oxygen atoms in total. The number of allylic oxidation sites excluding steroid dienone is 3. The van der Waals surface area contributed by atoms with Crippen molar-refractivity contribution in [2.45, 2.75) is 98.6 Å². The highest BCUT2D eigenvalue weighted by Crippen LogP contribution is 2.23. The summed E-state index contributed by atoms with van der Waals surface area (Å²) < 4.78 is 5.16. The second kappa shape index (κ2) is 15.4. The molecule has 0 radical (unpaired) electrons. The summed E-state index contributed by atoms with van der Waals surface area (Å²) in [6.45, 7) is 13.0. The van der Waals surface area contributed by atoms with Gasteiger partial charge in [0.2, 0.25) is 0 Å². The summed E-state index contributed by atoms with van der Waals surface area (Å²) in [6.07, 6.45) is 10.2. The van der Waals surface area contributed by atoms with E-state index in [1.165, 1.54) is 0 Å². The fourth-order valence-electron chi connectivity index (χ4n) is 3.20. The molecular weight excluding hydrogens is 380 g/mol. The van der Waals surface area contributed by atoms with Crippen molar-refractivity contribution in [3.63, 3.8) is 0 Å². The smallest absolute Gasteiger partial charge is 0.333 e. The van der Waals surface area contributed by atoms with Gasteiger partial charge in [0, 0.05) is 17.4 Å². The Bertz CT molecular complexity index is 564. The summed E-state index contributed by atoms with van der Waals surface area (Å²) in [5.74, 6) is -0.514. The molecule has 30 heavy (non-hydrogen) atoms. The number of aliphatic hydroxyl groups excluding tert-OH is 3. The number of aliphatic hydroxyl groups is 3. The quantitative estimate of drug-likeness (QED) is 0.216. The Balaban J connectivity index is 4.42. The second-order valence-corrected chi connectivity index (χ2v) is 8.69. The van der Waals surface area contributed by atoms with Crippen LogP contribution in [0.2, 0.25) is 0 Å². The predicted molar refractivity (Wildman–Crippen MR) is 123 cm³/mol. The predicted octanol–water partition coefficient (Wildman–Crippen LogP) is 4.57. The van der Waals surface area contributed by atoms with Crippen molar-refractivity contribution in [1.29, 1.82) is 0 Å². The summed E-state index contributed by atoms with van der Waals surface area (Å²) >= 11 is 0.